The minimum Gasteiger partial charge on any atom is -0.384 e. The van der Waals surface area contributed by atoms with Gasteiger partial charge in [-0.25, -0.2) is 14.1 Å². The Morgan fingerprint density at radius 2 is 1.95 bits per heavy atom. The summed E-state index contributed by atoms with van der Waals surface area (Å²) in [6, 6.07) is 5.85. The van der Waals surface area contributed by atoms with Crippen LogP contribution in [-0.2, 0) is 6.54 Å². The Labute approximate surface area is 129 Å². The van der Waals surface area contributed by atoms with Crippen molar-refractivity contribution in [3.05, 3.63) is 91.6 Å². The molecule has 3 rings (SSSR count). The lowest BCUT2D eigenvalue weighted by molar-refractivity contribution is 0.208. The first-order chi connectivity index (χ1) is 10.7. The molecule has 5 heteroatoms. The Balaban J connectivity index is 1.84. The van der Waals surface area contributed by atoms with Gasteiger partial charge in [-0.15, -0.1) is 0 Å². The summed E-state index contributed by atoms with van der Waals surface area (Å²) >= 11 is 0. The highest BCUT2D eigenvalue weighted by Crippen LogP contribution is 2.30. The topological polar surface area (TPSA) is 50.9 Å². The van der Waals surface area contributed by atoms with E-state index >= 15 is 0 Å². The van der Waals surface area contributed by atoms with Crippen LogP contribution in [-0.4, -0.2) is 19.9 Å². The maximum Gasteiger partial charge on any atom is 0.137 e. The molecule has 1 aromatic heterocycles. The van der Waals surface area contributed by atoms with Gasteiger partial charge in [-0.3, -0.25) is 0 Å². The van der Waals surface area contributed by atoms with Crippen molar-refractivity contribution >= 4 is 0 Å². The summed E-state index contributed by atoms with van der Waals surface area (Å²) in [6.45, 7) is 0.406. The molecule has 22 heavy (non-hydrogen) atoms. The van der Waals surface area contributed by atoms with E-state index in [1.54, 1.807) is 23.1 Å². The summed E-state index contributed by atoms with van der Waals surface area (Å²) in [5, 5.41) is 14.7. The van der Waals surface area contributed by atoms with E-state index in [4.69, 9.17) is 0 Å². The molecule has 0 saturated heterocycles. The fourth-order valence-electron chi connectivity index (χ4n) is 2.27. The zero-order chi connectivity index (χ0) is 15.4. The molecule has 5 radical (unpaired) electrons. The van der Waals surface area contributed by atoms with E-state index in [-0.39, 0.29) is 5.82 Å². The van der Waals surface area contributed by atoms with Crippen molar-refractivity contribution in [2.45, 2.75) is 12.6 Å². The predicted octanol–water partition coefficient (Wildman–Crippen LogP) is 2.48. The number of aliphatic hydroxyl groups is 1. The van der Waals surface area contributed by atoms with Crippen LogP contribution in [0.2, 0.25) is 0 Å². The lowest BCUT2D eigenvalue weighted by atomic mass is 9.96. The summed E-state index contributed by atoms with van der Waals surface area (Å²) in [4.78, 5) is 3.91. The van der Waals surface area contributed by atoms with Gasteiger partial charge >= 0.3 is 0 Å². The van der Waals surface area contributed by atoms with Gasteiger partial charge in [0.15, 0.2) is 0 Å². The van der Waals surface area contributed by atoms with E-state index < -0.39 is 6.10 Å². The van der Waals surface area contributed by atoms with E-state index in [1.807, 2.05) is 31.8 Å². The molecule has 1 saturated carbocycles. The molecule has 1 unspecified atom stereocenters. The molecule has 0 aliphatic heterocycles. The average molecular weight is 296 g/mol. The van der Waals surface area contributed by atoms with Crippen molar-refractivity contribution in [2.75, 3.05) is 0 Å². The van der Waals surface area contributed by atoms with E-state index in [0.717, 1.165) is 11.5 Å². The molecule has 1 aliphatic carbocycles. The van der Waals surface area contributed by atoms with Gasteiger partial charge in [0.05, 0.1) is 6.54 Å². The summed E-state index contributed by atoms with van der Waals surface area (Å²) < 4.78 is 14.7. The second-order valence-electron chi connectivity index (χ2n) is 4.98. The lowest BCUT2D eigenvalue weighted by Gasteiger charge is -2.17. The normalized spacial score (nSPS) is 17.8. The van der Waals surface area contributed by atoms with Crippen LogP contribution in [0.1, 0.15) is 11.7 Å². The van der Waals surface area contributed by atoms with Crippen LogP contribution in [0, 0.1) is 37.4 Å². The monoisotopic (exact) mass is 296 g/mol. The molecule has 4 nitrogen and oxygen atoms in total. The Hall–Kier alpha value is -2.01. The van der Waals surface area contributed by atoms with E-state index in [1.165, 1.54) is 18.5 Å². The van der Waals surface area contributed by atoms with Crippen molar-refractivity contribution in [3.8, 4) is 0 Å². The van der Waals surface area contributed by atoms with Crippen LogP contribution < -0.4 is 0 Å². The van der Waals surface area contributed by atoms with Gasteiger partial charge < -0.3 is 5.11 Å². The third kappa shape index (κ3) is 3.60. The van der Waals surface area contributed by atoms with Gasteiger partial charge in [0.1, 0.15) is 24.6 Å². The van der Waals surface area contributed by atoms with Crippen molar-refractivity contribution < 1.29 is 9.50 Å². The van der Waals surface area contributed by atoms with Gasteiger partial charge in [0, 0.05) is 5.92 Å². The quantitative estimate of drug-likeness (QED) is 0.922. The summed E-state index contributed by atoms with van der Waals surface area (Å²) in [6.07, 6.45) is 11.9. The second-order valence-corrected chi connectivity index (χ2v) is 4.98. The van der Waals surface area contributed by atoms with Gasteiger partial charge in [0.2, 0.25) is 0 Å². The number of aromatic nitrogens is 3. The standard InChI is InChI=1S/C17H15FN3O/c18-16-7-5-14(6-8-16)17(22)15(9-13-3-1-2-4-13)10-21-12-19-11-20-21/h1-9,11-12,17,22H,10H2/b15-9+. The molecule has 1 N–H and O–H groups in total. The van der Waals surface area contributed by atoms with E-state index in [9.17, 15) is 9.50 Å². The van der Waals surface area contributed by atoms with Crippen LogP contribution >= 0.6 is 0 Å². The molecule has 1 fully saturated rings. The smallest absolute Gasteiger partial charge is 0.137 e. The lowest BCUT2D eigenvalue weighted by Crippen LogP contribution is -2.11. The van der Waals surface area contributed by atoms with Crippen molar-refractivity contribution in [3.63, 3.8) is 0 Å². The van der Waals surface area contributed by atoms with Crippen molar-refractivity contribution in [2.24, 2.45) is 0 Å². The van der Waals surface area contributed by atoms with E-state index in [0.29, 0.717) is 12.1 Å². The summed E-state index contributed by atoms with van der Waals surface area (Å²) in [5.41, 5.74) is 1.39. The van der Waals surface area contributed by atoms with Crippen LogP contribution in [0.15, 0.2) is 48.6 Å². The number of benzene rings is 1. The largest absolute Gasteiger partial charge is 0.384 e. The second kappa shape index (κ2) is 6.83. The molecule has 2 aromatic rings. The van der Waals surface area contributed by atoms with Crippen LogP contribution in [0.3, 0.4) is 0 Å². The number of hydrogen-bond donors (Lipinski definition) is 1. The Bertz CT molecular complexity index is 616. The van der Waals surface area contributed by atoms with Gasteiger partial charge in [-0.1, -0.05) is 18.2 Å². The van der Waals surface area contributed by atoms with Crippen molar-refractivity contribution in [1.29, 1.82) is 0 Å². The molecule has 0 bridgehead atoms. The molecule has 1 aliphatic rings. The van der Waals surface area contributed by atoms with Gasteiger partial charge in [-0.05, 0) is 49.0 Å². The molecule has 0 spiro atoms. The van der Waals surface area contributed by atoms with Gasteiger partial charge in [-0.2, -0.15) is 5.10 Å². The Kier molecular flexibility index (Phi) is 4.63. The molecule has 1 heterocycles. The molecule has 111 valence electrons. The van der Waals surface area contributed by atoms with Crippen LogP contribution in [0.25, 0.3) is 0 Å². The number of hydrogen-bond acceptors (Lipinski definition) is 3. The fourth-order valence-corrected chi connectivity index (χ4v) is 2.27. The number of halogens is 1. The highest BCUT2D eigenvalue weighted by Gasteiger charge is 2.20. The first-order valence-corrected chi connectivity index (χ1v) is 6.90. The minimum absolute atomic E-state index is 0.325. The minimum atomic E-state index is -0.834. The zero-order valence-electron chi connectivity index (χ0n) is 11.8. The zero-order valence-corrected chi connectivity index (χ0v) is 11.8. The first-order valence-electron chi connectivity index (χ1n) is 6.90. The Morgan fingerprint density at radius 1 is 1.23 bits per heavy atom. The highest BCUT2D eigenvalue weighted by molar-refractivity contribution is 5.44. The number of aliphatic hydroxyl groups excluding tert-OH is 1. The van der Waals surface area contributed by atoms with Gasteiger partial charge in [0.25, 0.3) is 0 Å². The average Bonchev–Trinajstić information content (AvgIpc) is 3.20. The molecule has 1 aromatic carbocycles. The fraction of sp³-hybridized carbons (Fsp3) is 0.118. The number of rotatable bonds is 5. The first kappa shape index (κ1) is 14.9. The van der Waals surface area contributed by atoms with Crippen LogP contribution in [0.4, 0.5) is 4.39 Å². The maximum atomic E-state index is 13.0. The Morgan fingerprint density at radius 3 is 2.59 bits per heavy atom. The van der Waals surface area contributed by atoms with E-state index in [2.05, 4.69) is 10.1 Å². The third-order valence-electron chi connectivity index (χ3n) is 3.39. The number of nitrogens with zero attached hydrogens (tertiary/aromatic N) is 3. The predicted molar refractivity (Wildman–Crippen MR) is 79.9 cm³/mol. The number of allylic oxidation sites excluding steroid dienone is 1. The van der Waals surface area contributed by atoms with Crippen molar-refractivity contribution in [1.82, 2.24) is 14.8 Å². The molecule has 1 atom stereocenters. The SMILES string of the molecule is OC(/C(=C/[C]1[CH][CH][CH][CH]1)Cn1cncn1)c1ccc(F)cc1. The highest BCUT2D eigenvalue weighted by atomic mass is 19.1. The summed E-state index contributed by atoms with van der Waals surface area (Å²) in [5.74, 6) is 0.671. The molecular weight excluding hydrogens is 281 g/mol. The molecule has 0 amide bonds. The molecular formula is C17H15FN3O. The maximum absolute atomic E-state index is 13.0. The summed E-state index contributed by atoms with van der Waals surface area (Å²) in [7, 11) is 0. The third-order valence-corrected chi connectivity index (χ3v) is 3.39. The van der Waals surface area contributed by atoms with Crippen LogP contribution in [0.5, 0.6) is 0 Å².